The van der Waals surface area contributed by atoms with Crippen molar-refractivity contribution in [2.24, 2.45) is 0 Å². The number of nitrogens with zero attached hydrogens (tertiary/aromatic N) is 2. The monoisotopic (exact) mass is 447 g/mol. The molecule has 1 amide bonds. The average molecular weight is 448 g/mol. The van der Waals surface area contributed by atoms with Gasteiger partial charge in [-0.1, -0.05) is 11.8 Å². The molecule has 0 aliphatic rings. The number of amides is 1. The van der Waals surface area contributed by atoms with E-state index in [0.29, 0.717) is 34.1 Å². The van der Waals surface area contributed by atoms with Crippen molar-refractivity contribution in [2.75, 3.05) is 17.7 Å². The molecule has 0 saturated carbocycles. The second kappa shape index (κ2) is 10.3. The number of rotatable bonds is 10. The highest BCUT2D eigenvalue weighted by atomic mass is 32.2. The Kier molecular flexibility index (Phi) is 7.47. The van der Waals surface area contributed by atoms with E-state index >= 15 is 0 Å². The Morgan fingerprint density at radius 2 is 2.03 bits per heavy atom. The number of ether oxygens (including phenoxy) is 1. The van der Waals surface area contributed by atoms with E-state index in [1.807, 2.05) is 6.92 Å². The van der Waals surface area contributed by atoms with Crippen molar-refractivity contribution in [3.63, 3.8) is 0 Å². The molecule has 0 spiro atoms. The summed E-state index contributed by atoms with van der Waals surface area (Å²) < 4.78 is 7.35. The van der Waals surface area contributed by atoms with Crippen LogP contribution in [0.5, 0.6) is 5.75 Å². The molecule has 3 aromatic rings. The van der Waals surface area contributed by atoms with Crippen LogP contribution in [0.2, 0.25) is 0 Å². The predicted octanol–water partition coefficient (Wildman–Crippen LogP) is 3.45. The van der Waals surface area contributed by atoms with Crippen LogP contribution < -0.4 is 15.6 Å². The molecule has 2 N–H and O–H groups in total. The quantitative estimate of drug-likeness (QED) is 0.362. The van der Waals surface area contributed by atoms with Crippen LogP contribution >= 0.6 is 23.1 Å². The van der Waals surface area contributed by atoms with E-state index in [4.69, 9.17) is 9.84 Å². The maximum Gasteiger partial charge on any atom is 0.303 e. The first-order valence-electron chi connectivity index (χ1n) is 9.33. The second-order valence-electron chi connectivity index (χ2n) is 6.28. The molecular formula is C20H21N3O5S2. The molecule has 0 saturated heterocycles. The van der Waals surface area contributed by atoms with Crippen molar-refractivity contribution in [2.45, 2.75) is 31.5 Å². The topological polar surface area (TPSA) is 111 Å². The first-order valence-corrected chi connectivity index (χ1v) is 11.2. The summed E-state index contributed by atoms with van der Waals surface area (Å²) in [4.78, 5) is 40.4. The number of carboxylic acid groups (broad SMARTS) is 1. The third kappa shape index (κ3) is 5.61. The van der Waals surface area contributed by atoms with Crippen LogP contribution in [-0.4, -0.2) is 38.9 Å². The molecule has 0 unspecified atom stereocenters. The van der Waals surface area contributed by atoms with Gasteiger partial charge in [-0.2, -0.15) is 0 Å². The minimum absolute atomic E-state index is 0.0444. The zero-order valence-corrected chi connectivity index (χ0v) is 17.9. The van der Waals surface area contributed by atoms with Gasteiger partial charge in [-0.05, 0) is 49.1 Å². The zero-order chi connectivity index (χ0) is 21.5. The number of benzene rings is 1. The van der Waals surface area contributed by atoms with E-state index in [2.05, 4.69) is 10.3 Å². The number of hydrogen-bond donors (Lipinski definition) is 2. The number of aliphatic carboxylic acids is 1. The van der Waals surface area contributed by atoms with Gasteiger partial charge in [-0.15, -0.1) is 11.3 Å². The summed E-state index contributed by atoms with van der Waals surface area (Å²) in [6.07, 6.45) is 0.261. The smallest absolute Gasteiger partial charge is 0.303 e. The molecule has 2 aromatic heterocycles. The van der Waals surface area contributed by atoms with Crippen LogP contribution in [0, 0.1) is 0 Å². The van der Waals surface area contributed by atoms with Gasteiger partial charge in [0.2, 0.25) is 5.91 Å². The Morgan fingerprint density at radius 3 is 2.73 bits per heavy atom. The number of thioether (sulfide) groups is 1. The van der Waals surface area contributed by atoms with Gasteiger partial charge in [0.05, 0.1) is 17.9 Å². The Bertz CT molecular complexity index is 1090. The van der Waals surface area contributed by atoms with Gasteiger partial charge < -0.3 is 15.2 Å². The molecule has 0 fully saturated rings. The van der Waals surface area contributed by atoms with Gasteiger partial charge in [0, 0.05) is 18.7 Å². The van der Waals surface area contributed by atoms with Crippen molar-refractivity contribution in [1.29, 1.82) is 0 Å². The van der Waals surface area contributed by atoms with Crippen molar-refractivity contribution in [3.05, 3.63) is 46.1 Å². The van der Waals surface area contributed by atoms with Crippen molar-refractivity contribution in [1.82, 2.24) is 9.55 Å². The summed E-state index contributed by atoms with van der Waals surface area (Å²) >= 11 is 2.45. The number of thiophene rings is 1. The number of fused-ring (bicyclic) bond motifs is 1. The fourth-order valence-corrected chi connectivity index (χ4v) is 4.35. The van der Waals surface area contributed by atoms with Gasteiger partial charge in [0.15, 0.2) is 5.16 Å². The van der Waals surface area contributed by atoms with Crippen molar-refractivity contribution >= 4 is 50.9 Å². The third-order valence-corrected chi connectivity index (χ3v) is 5.95. The third-order valence-electron chi connectivity index (χ3n) is 4.08. The number of carbonyl (C=O) groups is 2. The molecule has 0 aliphatic carbocycles. The minimum atomic E-state index is -0.919. The summed E-state index contributed by atoms with van der Waals surface area (Å²) in [5.74, 6) is -0.365. The molecule has 1 aromatic carbocycles. The summed E-state index contributed by atoms with van der Waals surface area (Å²) in [5, 5.41) is 13.9. The van der Waals surface area contributed by atoms with Crippen LogP contribution in [0.1, 0.15) is 19.8 Å². The summed E-state index contributed by atoms with van der Waals surface area (Å²) in [6, 6.07) is 8.82. The Balaban J connectivity index is 1.69. The lowest BCUT2D eigenvalue weighted by Crippen LogP contribution is -2.24. The molecule has 0 bridgehead atoms. The average Bonchev–Trinajstić information content (AvgIpc) is 3.18. The lowest BCUT2D eigenvalue weighted by atomic mass is 10.3. The largest absolute Gasteiger partial charge is 0.494 e. The molecule has 0 atom stereocenters. The fourth-order valence-electron chi connectivity index (χ4n) is 2.75. The van der Waals surface area contributed by atoms with E-state index in [9.17, 15) is 14.4 Å². The van der Waals surface area contributed by atoms with E-state index in [1.54, 1.807) is 35.7 Å². The van der Waals surface area contributed by atoms with Crippen LogP contribution in [0.15, 0.2) is 45.7 Å². The van der Waals surface area contributed by atoms with Gasteiger partial charge >= 0.3 is 5.97 Å². The summed E-state index contributed by atoms with van der Waals surface area (Å²) in [6.45, 7) is 2.70. The second-order valence-corrected chi connectivity index (χ2v) is 8.14. The lowest BCUT2D eigenvalue weighted by Gasteiger charge is -2.12. The summed E-state index contributed by atoms with van der Waals surface area (Å²) in [7, 11) is 0. The molecule has 8 nitrogen and oxygen atoms in total. The highest BCUT2D eigenvalue weighted by molar-refractivity contribution is 7.99. The molecule has 0 radical (unpaired) electrons. The van der Waals surface area contributed by atoms with E-state index in [1.165, 1.54) is 15.9 Å². The number of carboxylic acids is 1. The standard InChI is InChI=1S/C20H21N3O5S2/c1-2-28-14-7-5-13(6-8-14)21-16(24)12-30-20-22-15-9-11-29-18(15)19(27)23(20)10-3-4-17(25)26/h5-9,11H,2-4,10,12H2,1H3,(H,21,24)(H,25,26). The van der Waals surface area contributed by atoms with E-state index in [-0.39, 0.29) is 30.2 Å². The minimum Gasteiger partial charge on any atom is -0.494 e. The van der Waals surface area contributed by atoms with Crippen molar-refractivity contribution in [3.8, 4) is 5.75 Å². The fraction of sp³-hybridized carbons (Fsp3) is 0.300. The SMILES string of the molecule is CCOc1ccc(NC(=O)CSc2nc3ccsc3c(=O)n2CCCC(=O)O)cc1. The molecule has 10 heteroatoms. The predicted molar refractivity (Wildman–Crippen MR) is 118 cm³/mol. The summed E-state index contributed by atoms with van der Waals surface area (Å²) in [5.41, 5.74) is 1.01. The number of nitrogens with one attached hydrogen (secondary N) is 1. The van der Waals surface area contributed by atoms with Gasteiger partial charge in [0.1, 0.15) is 10.4 Å². The highest BCUT2D eigenvalue weighted by Gasteiger charge is 2.14. The first kappa shape index (κ1) is 21.8. The lowest BCUT2D eigenvalue weighted by molar-refractivity contribution is -0.137. The van der Waals surface area contributed by atoms with Crippen LogP contribution in [0.25, 0.3) is 10.2 Å². The highest BCUT2D eigenvalue weighted by Crippen LogP contribution is 2.22. The molecule has 158 valence electrons. The first-order chi connectivity index (χ1) is 14.5. The van der Waals surface area contributed by atoms with Crippen LogP contribution in [0.3, 0.4) is 0 Å². The molecule has 3 rings (SSSR count). The van der Waals surface area contributed by atoms with Gasteiger partial charge in [-0.25, -0.2) is 4.98 Å². The molecule has 0 aliphatic heterocycles. The zero-order valence-electron chi connectivity index (χ0n) is 16.3. The molecule has 2 heterocycles. The normalized spacial score (nSPS) is 10.8. The number of carbonyl (C=O) groups excluding carboxylic acids is 1. The Morgan fingerprint density at radius 1 is 1.27 bits per heavy atom. The maximum atomic E-state index is 12.8. The van der Waals surface area contributed by atoms with Gasteiger partial charge in [-0.3, -0.25) is 19.0 Å². The van der Waals surface area contributed by atoms with E-state index < -0.39 is 5.97 Å². The Hall–Kier alpha value is -2.85. The Labute approximate surface area is 180 Å². The molecular weight excluding hydrogens is 426 g/mol. The number of aromatic nitrogens is 2. The van der Waals surface area contributed by atoms with Crippen molar-refractivity contribution < 1.29 is 19.4 Å². The maximum absolute atomic E-state index is 12.8. The van der Waals surface area contributed by atoms with Gasteiger partial charge in [0.25, 0.3) is 5.56 Å². The van der Waals surface area contributed by atoms with E-state index in [0.717, 1.165) is 17.5 Å². The number of anilines is 1. The van der Waals surface area contributed by atoms with Crippen LogP contribution in [-0.2, 0) is 16.1 Å². The van der Waals surface area contributed by atoms with Crippen LogP contribution in [0.4, 0.5) is 5.69 Å². The number of hydrogen-bond acceptors (Lipinski definition) is 7. The molecule has 30 heavy (non-hydrogen) atoms.